The molecule has 4 rings (SSSR count). The zero-order chi connectivity index (χ0) is 26.4. The smallest absolute Gasteiger partial charge is 0.276 e. The molecule has 3 N–H and O–H groups in total. The molecule has 0 aromatic heterocycles. The van der Waals surface area contributed by atoms with E-state index in [-0.39, 0.29) is 19.0 Å². The Hall–Kier alpha value is -2.60. The van der Waals surface area contributed by atoms with E-state index in [0.717, 1.165) is 26.0 Å². The average molecular weight is 578 g/mol. The molecule has 0 radical (unpaired) electrons. The van der Waals surface area contributed by atoms with Crippen LogP contribution in [-0.4, -0.2) is 56.1 Å². The first-order valence-corrected chi connectivity index (χ1v) is 14.4. The summed E-state index contributed by atoms with van der Waals surface area (Å²) in [6, 6.07) is 25.1. The van der Waals surface area contributed by atoms with Crippen molar-refractivity contribution in [3.63, 3.8) is 0 Å². The van der Waals surface area contributed by atoms with Gasteiger partial charge in [0.1, 0.15) is 0 Å². The van der Waals surface area contributed by atoms with Crippen LogP contribution in [0.15, 0.2) is 93.9 Å². The summed E-state index contributed by atoms with van der Waals surface area (Å²) in [7, 11) is -2.38. The van der Waals surface area contributed by atoms with Crippen LogP contribution in [0, 0.1) is 0 Å². The van der Waals surface area contributed by atoms with E-state index in [1.807, 2.05) is 71.7 Å². The quantitative estimate of drug-likeness (QED) is 0.232. The van der Waals surface area contributed by atoms with Crippen molar-refractivity contribution in [2.75, 3.05) is 26.7 Å². The fraction of sp³-hybridized carbons (Fsp3) is 0.200. The molecule has 1 aliphatic rings. The van der Waals surface area contributed by atoms with Crippen LogP contribution in [0.4, 0.5) is 0 Å². The van der Waals surface area contributed by atoms with E-state index < -0.39 is 10.2 Å². The molecular weight excluding hydrogens is 551 g/mol. The second-order valence-corrected chi connectivity index (χ2v) is 11.7. The highest BCUT2D eigenvalue weighted by molar-refractivity contribution is 7.98. The first-order chi connectivity index (χ1) is 17.7. The Kier molecular flexibility index (Phi) is 9.12. The molecule has 12 heteroatoms. The van der Waals surface area contributed by atoms with Crippen LogP contribution in [-0.2, 0) is 10.2 Å². The van der Waals surface area contributed by atoms with Gasteiger partial charge in [-0.05, 0) is 59.5 Å². The molecule has 0 saturated heterocycles. The predicted molar refractivity (Wildman–Crippen MR) is 152 cm³/mol. The Bertz CT molecular complexity index is 1370. The largest absolute Gasteiger partial charge is 0.295 e. The lowest BCUT2D eigenvalue weighted by atomic mass is 9.91. The molecule has 1 atom stereocenters. The van der Waals surface area contributed by atoms with Crippen molar-refractivity contribution in [2.24, 2.45) is 15.2 Å². The minimum Gasteiger partial charge on any atom is -0.295 e. The number of likely N-dealkylation sites (N-methyl/N-ethyl adjacent to an activating group) is 1. The van der Waals surface area contributed by atoms with Gasteiger partial charge in [-0.15, -0.1) is 0 Å². The van der Waals surface area contributed by atoms with Gasteiger partial charge in [0.15, 0.2) is 0 Å². The van der Waals surface area contributed by atoms with Crippen LogP contribution in [0.2, 0.25) is 10.0 Å². The van der Waals surface area contributed by atoms with Crippen molar-refractivity contribution in [3.05, 3.63) is 100 Å². The topological polar surface area (TPSA) is 103 Å². The van der Waals surface area contributed by atoms with E-state index in [9.17, 15) is 8.42 Å². The molecule has 0 amide bonds. The Morgan fingerprint density at radius 3 is 2.32 bits per heavy atom. The third-order valence-corrected chi connectivity index (χ3v) is 8.03. The van der Waals surface area contributed by atoms with Gasteiger partial charge in [0.2, 0.25) is 5.96 Å². The molecule has 194 valence electrons. The standard InChI is InChI=1S/C25H26Cl2N6O2S2/c1-32(37(28,34)35)16-15-29-25(31-36-22-13-11-21(27)12-14-22)33-17-23(18-5-3-2-4-6-18)24(30-33)19-7-9-20(26)10-8-19/h2-14,23H,15-17H2,1H3,(H,29,31)(H2,28,34,35). The van der Waals surface area contributed by atoms with Crippen molar-refractivity contribution >= 4 is 57.0 Å². The molecule has 0 saturated carbocycles. The number of hydrogen-bond acceptors (Lipinski definition) is 5. The van der Waals surface area contributed by atoms with Crippen molar-refractivity contribution < 1.29 is 8.42 Å². The number of nitrogens with two attached hydrogens (primary N) is 1. The lowest BCUT2D eigenvalue weighted by Gasteiger charge is -2.20. The summed E-state index contributed by atoms with van der Waals surface area (Å²) in [5, 5.41) is 13.3. The van der Waals surface area contributed by atoms with Crippen LogP contribution in [0.1, 0.15) is 17.0 Å². The van der Waals surface area contributed by atoms with Gasteiger partial charge in [-0.1, -0.05) is 65.7 Å². The van der Waals surface area contributed by atoms with E-state index >= 15 is 0 Å². The lowest BCUT2D eigenvalue weighted by molar-refractivity contribution is 0.456. The molecule has 1 aliphatic heterocycles. The monoisotopic (exact) mass is 576 g/mol. The number of guanidine groups is 1. The van der Waals surface area contributed by atoms with Gasteiger partial charge in [-0.25, -0.2) is 15.1 Å². The molecule has 1 heterocycles. The maximum atomic E-state index is 11.6. The highest BCUT2D eigenvalue weighted by Crippen LogP contribution is 2.30. The molecule has 3 aromatic carbocycles. The Balaban J connectivity index is 1.64. The van der Waals surface area contributed by atoms with Gasteiger partial charge >= 0.3 is 0 Å². The molecular formula is C25H26Cl2N6O2S2. The third kappa shape index (κ3) is 7.47. The van der Waals surface area contributed by atoms with Gasteiger partial charge in [-0.2, -0.15) is 17.8 Å². The average Bonchev–Trinajstić information content (AvgIpc) is 3.32. The molecule has 0 spiro atoms. The summed E-state index contributed by atoms with van der Waals surface area (Å²) in [5.74, 6) is 0.481. The number of nitrogens with zero attached hydrogens (tertiary/aromatic N) is 4. The minimum absolute atomic E-state index is 0.0120. The van der Waals surface area contributed by atoms with Crippen molar-refractivity contribution in [1.29, 1.82) is 0 Å². The van der Waals surface area contributed by atoms with Gasteiger partial charge < -0.3 is 0 Å². The summed E-state index contributed by atoms with van der Waals surface area (Å²) >= 11 is 13.5. The van der Waals surface area contributed by atoms with Gasteiger partial charge in [0.25, 0.3) is 10.2 Å². The molecule has 0 aliphatic carbocycles. The van der Waals surface area contributed by atoms with Crippen LogP contribution < -0.4 is 9.86 Å². The van der Waals surface area contributed by atoms with Crippen LogP contribution in [0.3, 0.4) is 0 Å². The van der Waals surface area contributed by atoms with Gasteiger partial charge in [0.05, 0.1) is 18.8 Å². The summed E-state index contributed by atoms with van der Waals surface area (Å²) in [4.78, 5) is 5.59. The number of aliphatic imine (C=N–C) groups is 1. The fourth-order valence-corrected chi connectivity index (χ4v) is 4.90. The van der Waals surface area contributed by atoms with Gasteiger partial charge in [0, 0.05) is 34.5 Å². The first-order valence-electron chi connectivity index (χ1n) is 11.3. The van der Waals surface area contributed by atoms with Crippen molar-refractivity contribution in [1.82, 2.24) is 14.0 Å². The number of rotatable bonds is 8. The van der Waals surface area contributed by atoms with E-state index in [2.05, 4.69) is 21.8 Å². The highest BCUT2D eigenvalue weighted by Gasteiger charge is 2.31. The summed E-state index contributed by atoms with van der Waals surface area (Å²) < 4.78 is 27.6. The number of hydrazone groups is 1. The zero-order valence-electron chi connectivity index (χ0n) is 20.0. The molecule has 0 fully saturated rings. The predicted octanol–water partition coefficient (Wildman–Crippen LogP) is 4.59. The summed E-state index contributed by atoms with van der Waals surface area (Å²) in [5.41, 5.74) is 2.97. The Morgan fingerprint density at radius 2 is 1.70 bits per heavy atom. The van der Waals surface area contributed by atoms with Crippen LogP contribution in [0.25, 0.3) is 0 Å². The van der Waals surface area contributed by atoms with Crippen LogP contribution in [0.5, 0.6) is 0 Å². The maximum absolute atomic E-state index is 11.6. The third-order valence-electron chi connectivity index (χ3n) is 5.69. The van der Waals surface area contributed by atoms with Crippen LogP contribution >= 0.6 is 35.1 Å². The van der Waals surface area contributed by atoms with Gasteiger partial charge in [-0.3, -0.25) is 4.72 Å². The number of halogens is 2. The molecule has 37 heavy (non-hydrogen) atoms. The van der Waals surface area contributed by atoms with Crippen molar-refractivity contribution in [3.8, 4) is 0 Å². The van der Waals surface area contributed by atoms with E-state index in [4.69, 9.17) is 33.4 Å². The van der Waals surface area contributed by atoms with E-state index in [0.29, 0.717) is 22.5 Å². The second kappa shape index (κ2) is 12.3. The minimum atomic E-state index is -3.80. The van der Waals surface area contributed by atoms with E-state index in [1.54, 1.807) is 0 Å². The Morgan fingerprint density at radius 1 is 1.08 bits per heavy atom. The first kappa shape index (κ1) is 27.4. The molecule has 3 aromatic rings. The summed E-state index contributed by atoms with van der Waals surface area (Å²) in [6.07, 6.45) is 0. The normalized spacial score (nSPS) is 16.2. The number of hydrogen-bond donors (Lipinski definition) is 2. The zero-order valence-corrected chi connectivity index (χ0v) is 23.1. The van der Waals surface area contributed by atoms with E-state index in [1.165, 1.54) is 19.0 Å². The number of benzene rings is 3. The molecule has 1 unspecified atom stereocenters. The molecule has 8 nitrogen and oxygen atoms in total. The van der Waals surface area contributed by atoms with Crippen molar-refractivity contribution in [2.45, 2.75) is 10.8 Å². The maximum Gasteiger partial charge on any atom is 0.276 e. The fourth-order valence-electron chi connectivity index (χ4n) is 3.66. The SMILES string of the molecule is CN(CCN=C(NSc1ccc(Cl)cc1)N1CC(c2ccccc2)C(c2ccc(Cl)cc2)=N1)S(N)(=O)=O. The summed E-state index contributed by atoms with van der Waals surface area (Å²) in [6.45, 7) is 0.855. The number of nitrogens with one attached hydrogen (secondary N) is 1. The molecule has 0 bridgehead atoms. The highest BCUT2D eigenvalue weighted by atomic mass is 35.5. The lowest BCUT2D eigenvalue weighted by Crippen LogP contribution is -2.37. The Labute approximate surface area is 231 Å². The second-order valence-electron chi connectivity index (χ2n) is 8.27.